The summed E-state index contributed by atoms with van der Waals surface area (Å²) in [5, 5.41) is 3.00. The molecule has 5 aromatic rings. The van der Waals surface area contributed by atoms with Gasteiger partial charge in [-0.3, -0.25) is 18.9 Å². The van der Waals surface area contributed by atoms with Crippen molar-refractivity contribution in [3.05, 3.63) is 146 Å². The number of aromatic nitrogens is 2. The standard InChI is InChI=1S/C38H43FN4O2/c1-27-35(36(44)40-22-14-19-28-15-8-6-9-16-28)37(45)43-33(26-41(5)24-29-17-10-7-11-18-29)31(38(2,3)4)23-34(43)42(27)25-30-20-12-13-21-32(30)39/h6-13,15-18,20-21,23H,14,19,22,24-26H2,1-5H3,(H,40,44). The first kappa shape index (κ1) is 31.9. The molecule has 0 saturated heterocycles. The summed E-state index contributed by atoms with van der Waals surface area (Å²) in [5.74, 6) is -0.740. The quantitative estimate of drug-likeness (QED) is 0.167. The maximum absolute atomic E-state index is 15.0. The highest BCUT2D eigenvalue weighted by Crippen LogP contribution is 2.31. The van der Waals surface area contributed by atoms with Gasteiger partial charge in [-0.25, -0.2) is 4.39 Å². The van der Waals surface area contributed by atoms with Gasteiger partial charge >= 0.3 is 0 Å². The van der Waals surface area contributed by atoms with E-state index in [1.54, 1.807) is 29.5 Å². The number of carbonyl (C=O) groups excluding carboxylic acids is 1. The summed E-state index contributed by atoms with van der Waals surface area (Å²) in [6, 6.07) is 29.0. The zero-order valence-corrected chi connectivity index (χ0v) is 26.9. The number of nitrogens with zero attached hydrogens (tertiary/aromatic N) is 3. The Balaban J connectivity index is 1.59. The van der Waals surface area contributed by atoms with Crippen LogP contribution in [-0.2, 0) is 31.5 Å². The Bertz CT molecular complexity index is 1840. The van der Waals surface area contributed by atoms with Gasteiger partial charge in [0.2, 0.25) is 0 Å². The van der Waals surface area contributed by atoms with Gasteiger partial charge in [-0.05, 0) is 61.1 Å². The molecule has 7 heteroatoms. The summed E-state index contributed by atoms with van der Waals surface area (Å²) >= 11 is 0. The molecule has 2 heterocycles. The second-order valence-electron chi connectivity index (χ2n) is 12.9. The van der Waals surface area contributed by atoms with Crippen LogP contribution in [0.1, 0.15) is 71.2 Å². The largest absolute Gasteiger partial charge is 0.352 e. The second-order valence-corrected chi connectivity index (χ2v) is 12.9. The minimum atomic E-state index is -0.413. The molecule has 1 N–H and O–H groups in total. The van der Waals surface area contributed by atoms with Crippen LogP contribution in [0.25, 0.3) is 5.65 Å². The lowest BCUT2D eigenvalue weighted by Crippen LogP contribution is -2.36. The van der Waals surface area contributed by atoms with Crippen LogP contribution in [0.5, 0.6) is 0 Å². The Hall–Kier alpha value is -4.49. The Labute approximate surface area is 265 Å². The first-order valence-electron chi connectivity index (χ1n) is 15.6. The molecule has 0 atom stereocenters. The molecule has 0 bridgehead atoms. The summed E-state index contributed by atoms with van der Waals surface area (Å²) in [7, 11) is 2.03. The average molecular weight is 607 g/mol. The average Bonchev–Trinajstić information content (AvgIpc) is 3.39. The van der Waals surface area contributed by atoms with Crippen LogP contribution < -0.4 is 10.9 Å². The van der Waals surface area contributed by atoms with E-state index >= 15 is 0 Å². The lowest BCUT2D eigenvalue weighted by molar-refractivity contribution is 0.0950. The molecule has 0 aliphatic heterocycles. The number of halogens is 1. The van der Waals surface area contributed by atoms with Crippen LogP contribution in [0.2, 0.25) is 0 Å². The minimum Gasteiger partial charge on any atom is -0.352 e. The molecule has 0 radical (unpaired) electrons. The number of carbonyl (C=O) groups is 1. The highest BCUT2D eigenvalue weighted by molar-refractivity contribution is 5.95. The van der Waals surface area contributed by atoms with Crippen LogP contribution >= 0.6 is 0 Å². The van der Waals surface area contributed by atoms with Crippen molar-refractivity contribution in [3.63, 3.8) is 0 Å². The van der Waals surface area contributed by atoms with Gasteiger partial charge in [0, 0.05) is 36.6 Å². The third-order valence-corrected chi connectivity index (χ3v) is 8.35. The summed E-state index contributed by atoms with van der Waals surface area (Å²) in [6.45, 7) is 9.97. The molecule has 0 aliphatic carbocycles. The van der Waals surface area contributed by atoms with E-state index in [-0.39, 0.29) is 28.9 Å². The number of hydrogen-bond donors (Lipinski definition) is 1. The van der Waals surface area contributed by atoms with Gasteiger partial charge in [-0.15, -0.1) is 0 Å². The van der Waals surface area contributed by atoms with E-state index in [2.05, 4.69) is 55.3 Å². The van der Waals surface area contributed by atoms with E-state index in [0.717, 1.165) is 24.1 Å². The number of aryl methyl sites for hydroxylation is 1. The fourth-order valence-corrected chi connectivity index (χ4v) is 6.03. The zero-order valence-electron chi connectivity index (χ0n) is 26.9. The van der Waals surface area contributed by atoms with Crippen molar-refractivity contribution >= 4 is 11.6 Å². The molecule has 45 heavy (non-hydrogen) atoms. The van der Waals surface area contributed by atoms with Crippen LogP contribution in [0.15, 0.2) is 95.8 Å². The molecule has 2 aromatic heterocycles. The summed E-state index contributed by atoms with van der Waals surface area (Å²) in [4.78, 5) is 30.4. The van der Waals surface area contributed by atoms with Gasteiger partial charge in [0.1, 0.15) is 17.0 Å². The zero-order chi connectivity index (χ0) is 32.1. The van der Waals surface area contributed by atoms with Crippen LogP contribution in [-0.4, -0.2) is 33.4 Å². The lowest BCUT2D eigenvalue weighted by atomic mass is 9.87. The van der Waals surface area contributed by atoms with Gasteiger partial charge in [-0.1, -0.05) is 99.6 Å². The highest BCUT2D eigenvalue weighted by Gasteiger charge is 2.28. The molecule has 6 nitrogen and oxygen atoms in total. The fraction of sp³-hybridized carbons (Fsp3) is 0.316. The van der Waals surface area contributed by atoms with Gasteiger partial charge in [0.15, 0.2) is 0 Å². The van der Waals surface area contributed by atoms with Crippen LogP contribution in [0, 0.1) is 12.7 Å². The molecule has 0 aliphatic rings. The number of nitrogens with one attached hydrogen (secondary N) is 1. The van der Waals surface area contributed by atoms with E-state index in [4.69, 9.17) is 0 Å². The van der Waals surface area contributed by atoms with Crippen molar-refractivity contribution < 1.29 is 9.18 Å². The van der Waals surface area contributed by atoms with Gasteiger partial charge in [0.25, 0.3) is 11.5 Å². The number of fused-ring (bicyclic) bond motifs is 1. The minimum absolute atomic E-state index is 0.0848. The SMILES string of the molecule is Cc1c(C(=O)NCCCc2ccccc2)c(=O)n2c(CN(C)Cc3ccccc3)c(C(C)(C)C)cc2n1Cc1ccccc1F. The Morgan fingerprint density at radius 3 is 2.16 bits per heavy atom. The van der Waals surface area contributed by atoms with E-state index in [9.17, 15) is 14.0 Å². The number of amides is 1. The predicted octanol–water partition coefficient (Wildman–Crippen LogP) is 6.89. The number of benzene rings is 3. The summed E-state index contributed by atoms with van der Waals surface area (Å²) in [6.07, 6.45) is 1.56. The number of rotatable bonds is 11. The first-order valence-corrected chi connectivity index (χ1v) is 15.6. The molecule has 0 spiro atoms. The third kappa shape index (κ3) is 7.26. The summed E-state index contributed by atoms with van der Waals surface area (Å²) in [5.41, 5.74) is 5.31. The topological polar surface area (TPSA) is 58.8 Å². The molecule has 0 saturated carbocycles. The van der Waals surface area contributed by atoms with Gasteiger partial charge in [-0.2, -0.15) is 0 Å². The summed E-state index contributed by atoms with van der Waals surface area (Å²) < 4.78 is 18.6. The van der Waals surface area contributed by atoms with Gasteiger partial charge < -0.3 is 9.88 Å². The maximum Gasteiger partial charge on any atom is 0.271 e. The van der Waals surface area contributed by atoms with Gasteiger partial charge in [0.05, 0.1) is 6.54 Å². The van der Waals surface area contributed by atoms with Crippen molar-refractivity contribution in [3.8, 4) is 0 Å². The van der Waals surface area contributed by atoms with E-state index in [1.165, 1.54) is 17.2 Å². The lowest BCUT2D eigenvalue weighted by Gasteiger charge is -2.23. The fourth-order valence-electron chi connectivity index (χ4n) is 6.03. The molecule has 0 unspecified atom stereocenters. The Kier molecular flexibility index (Phi) is 9.68. The monoisotopic (exact) mass is 606 g/mol. The molecule has 3 aromatic carbocycles. The number of hydrogen-bond acceptors (Lipinski definition) is 3. The Morgan fingerprint density at radius 2 is 1.51 bits per heavy atom. The van der Waals surface area contributed by atoms with Crippen molar-refractivity contribution in [2.75, 3.05) is 13.6 Å². The Morgan fingerprint density at radius 1 is 0.889 bits per heavy atom. The predicted molar refractivity (Wildman–Crippen MR) is 179 cm³/mol. The molecule has 234 valence electrons. The normalized spacial score (nSPS) is 11.8. The van der Waals surface area contributed by atoms with E-state index < -0.39 is 5.91 Å². The maximum atomic E-state index is 15.0. The molecule has 1 amide bonds. The second kappa shape index (κ2) is 13.7. The molecule has 5 rings (SSSR count). The first-order chi connectivity index (χ1) is 21.5. The van der Waals surface area contributed by atoms with E-state index in [0.29, 0.717) is 36.5 Å². The highest BCUT2D eigenvalue weighted by atomic mass is 19.1. The van der Waals surface area contributed by atoms with Crippen molar-refractivity contribution in [1.82, 2.24) is 19.2 Å². The third-order valence-electron chi connectivity index (χ3n) is 8.35. The van der Waals surface area contributed by atoms with Crippen molar-refractivity contribution in [2.45, 2.75) is 65.6 Å². The molecule has 0 fully saturated rings. The van der Waals surface area contributed by atoms with Crippen LogP contribution in [0.4, 0.5) is 4.39 Å². The van der Waals surface area contributed by atoms with E-state index in [1.807, 2.05) is 54.1 Å². The smallest absolute Gasteiger partial charge is 0.271 e. The van der Waals surface area contributed by atoms with Crippen molar-refractivity contribution in [1.29, 1.82) is 0 Å². The van der Waals surface area contributed by atoms with Crippen LogP contribution in [0.3, 0.4) is 0 Å². The van der Waals surface area contributed by atoms with Crippen molar-refractivity contribution in [2.24, 2.45) is 0 Å². The molecular formula is C38H43FN4O2. The molecular weight excluding hydrogens is 563 g/mol.